The van der Waals surface area contributed by atoms with Gasteiger partial charge in [-0.15, -0.1) is 11.3 Å². The van der Waals surface area contributed by atoms with Gasteiger partial charge in [-0.25, -0.2) is 4.79 Å². The molecule has 0 saturated heterocycles. The highest BCUT2D eigenvalue weighted by atomic mass is 35.5. The summed E-state index contributed by atoms with van der Waals surface area (Å²) in [5.41, 5.74) is -0.448. The monoisotopic (exact) mass is 261 g/mol. The minimum absolute atomic E-state index is 0.379. The van der Waals surface area contributed by atoms with E-state index in [1.807, 2.05) is 32.9 Å². The van der Waals surface area contributed by atoms with Crippen LogP contribution >= 0.6 is 22.9 Å². The van der Waals surface area contributed by atoms with Gasteiger partial charge in [0.05, 0.1) is 4.34 Å². The van der Waals surface area contributed by atoms with Crippen LogP contribution in [0.5, 0.6) is 0 Å². The molecule has 0 bridgehead atoms. The molecular weight excluding hydrogens is 246 g/mol. The smallest absolute Gasteiger partial charge is 0.407 e. The van der Waals surface area contributed by atoms with E-state index in [1.54, 1.807) is 0 Å². The fourth-order valence-corrected chi connectivity index (χ4v) is 2.18. The van der Waals surface area contributed by atoms with Gasteiger partial charge >= 0.3 is 6.09 Å². The molecule has 3 nitrogen and oxygen atoms in total. The molecule has 0 aliphatic rings. The molecule has 0 aliphatic carbocycles. The Morgan fingerprint density at radius 2 is 2.19 bits per heavy atom. The van der Waals surface area contributed by atoms with Gasteiger partial charge in [-0.2, -0.15) is 0 Å². The minimum Gasteiger partial charge on any atom is -0.444 e. The number of rotatable bonds is 3. The van der Waals surface area contributed by atoms with Gasteiger partial charge in [-0.05, 0) is 39.3 Å². The van der Waals surface area contributed by atoms with E-state index >= 15 is 0 Å². The van der Waals surface area contributed by atoms with Gasteiger partial charge in [-0.1, -0.05) is 11.6 Å². The third kappa shape index (κ3) is 5.37. The van der Waals surface area contributed by atoms with Crippen LogP contribution in [0.2, 0.25) is 4.34 Å². The van der Waals surface area contributed by atoms with Crippen LogP contribution in [0, 0.1) is 0 Å². The molecule has 1 aromatic rings. The van der Waals surface area contributed by atoms with Gasteiger partial charge in [0, 0.05) is 11.4 Å². The van der Waals surface area contributed by atoms with E-state index < -0.39 is 5.60 Å². The van der Waals surface area contributed by atoms with E-state index in [1.165, 1.54) is 11.3 Å². The summed E-state index contributed by atoms with van der Waals surface area (Å²) in [6.07, 6.45) is 0.395. The third-order valence-corrected chi connectivity index (χ3v) is 2.96. The highest BCUT2D eigenvalue weighted by Crippen LogP contribution is 2.21. The summed E-state index contributed by atoms with van der Waals surface area (Å²) < 4.78 is 5.88. The zero-order valence-corrected chi connectivity index (χ0v) is 11.2. The summed E-state index contributed by atoms with van der Waals surface area (Å²) in [4.78, 5) is 12.5. The van der Waals surface area contributed by atoms with Crippen molar-refractivity contribution in [3.05, 3.63) is 21.3 Å². The second-order valence-corrected chi connectivity index (χ2v) is 6.18. The van der Waals surface area contributed by atoms with Crippen LogP contribution in [0.15, 0.2) is 12.1 Å². The minimum atomic E-state index is -0.448. The fraction of sp³-hybridized carbons (Fsp3) is 0.545. The summed E-state index contributed by atoms with van der Waals surface area (Å²) in [5.74, 6) is 0. The van der Waals surface area contributed by atoms with Crippen LogP contribution in [0.1, 0.15) is 25.6 Å². The van der Waals surface area contributed by atoms with Gasteiger partial charge in [-0.3, -0.25) is 0 Å². The topological polar surface area (TPSA) is 38.3 Å². The van der Waals surface area contributed by atoms with Gasteiger partial charge < -0.3 is 10.1 Å². The first kappa shape index (κ1) is 13.3. The zero-order chi connectivity index (χ0) is 12.2. The zero-order valence-electron chi connectivity index (χ0n) is 9.67. The molecule has 1 heterocycles. The molecule has 90 valence electrons. The normalized spacial score (nSPS) is 11.2. The maximum absolute atomic E-state index is 11.3. The average molecular weight is 262 g/mol. The Hall–Kier alpha value is -0.740. The predicted octanol–water partition coefficient (Wildman–Crippen LogP) is 3.47. The number of amides is 1. The van der Waals surface area contributed by atoms with Crippen molar-refractivity contribution in [2.75, 3.05) is 6.54 Å². The molecule has 0 fully saturated rings. The second kappa shape index (κ2) is 5.55. The molecule has 1 amide bonds. The van der Waals surface area contributed by atoms with E-state index in [9.17, 15) is 4.79 Å². The summed E-state index contributed by atoms with van der Waals surface area (Å²) in [5, 5.41) is 2.70. The van der Waals surface area contributed by atoms with Crippen LogP contribution in [0.3, 0.4) is 0 Å². The predicted molar refractivity (Wildman–Crippen MR) is 67.3 cm³/mol. The van der Waals surface area contributed by atoms with Gasteiger partial charge in [0.1, 0.15) is 5.60 Å². The van der Waals surface area contributed by atoms with Gasteiger partial charge in [0.15, 0.2) is 0 Å². The lowest BCUT2D eigenvalue weighted by molar-refractivity contribution is 0.0528. The summed E-state index contributed by atoms with van der Waals surface area (Å²) in [6.45, 7) is 6.08. The number of carbonyl (C=O) groups excluding carboxylic acids is 1. The first-order valence-corrected chi connectivity index (χ1v) is 6.27. The number of carbonyl (C=O) groups is 1. The Morgan fingerprint density at radius 1 is 1.50 bits per heavy atom. The summed E-state index contributed by atoms with van der Waals surface area (Å²) >= 11 is 7.32. The second-order valence-electron chi connectivity index (χ2n) is 4.38. The molecule has 16 heavy (non-hydrogen) atoms. The number of thiophene rings is 1. The number of hydrogen-bond acceptors (Lipinski definition) is 3. The largest absolute Gasteiger partial charge is 0.444 e. The van der Waals surface area contributed by atoms with Crippen LogP contribution in [-0.4, -0.2) is 18.2 Å². The van der Waals surface area contributed by atoms with Gasteiger partial charge in [0.2, 0.25) is 0 Å². The van der Waals surface area contributed by atoms with Crippen LogP contribution in [0.25, 0.3) is 0 Å². The van der Waals surface area contributed by atoms with Crippen LogP contribution in [0.4, 0.5) is 4.79 Å². The van der Waals surface area contributed by atoms with Crippen molar-refractivity contribution in [3.8, 4) is 0 Å². The molecule has 5 heteroatoms. The number of hydrogen-bond donors (Lipinski definition) is 1. The number of halogens is 1. The lowest BCUT2D eigenvalue weighted by atomic mass is 10.2. The molecule has 0 unspecified atom stereocenters. The number of ether oxygens (including phenoxy) is 1. The molecular formula is C11H16ClNO2S. The molecule has 0 radical (unpaired) electrons. The summed E-state index contributed by atoms with van der Waals surface area (Å²) in [7, 11) is 0. The molecule has 1 rings (SSSR count). The average Bonchev–Trinajstić information content (AvgIpc) is 2.48. The van der Waals surface area contributed by atoms with Gasteiger partial charge in [0.25, 0.3) is 0 Å². The quantitative estimate of drug-likeness (QED) is 0.905. The van der Waals surface area contributed by atoms with Crippen molar-refractivity contribution in [3.63, 3.8) is 0 Å². The Labute approximate surface area is 105 Å². The van der Waals surface area contributed by atoms with Crippen molar-refractivity contribution in [2.45, 2.75) is 32.8 Å². The maximum atomic E-state index is 11.3. The third-order valence-electron chi connectivity index (χ3n) is 1.67. The van der Waals surface area contributed by atoms with Crippen molar-refractivity contribution >= 4 is 29.0 Å². The van der Waals surface area contributed by atoms with Crippen molar-refractivity contribution < 1.29 is 9.53 Å². The molecule has 1 aromatic heterocycles. The molecule has 0 aromatic carbocycles. The van der Waals surface area contributed by atoms with Crippen molar-refractivity contribution in [1.82, 2.24) is 5.32 Å². The highest BCUT2D eigenvalue weighted by molar-refractivity contribution is 7.16. The van der Waals surface area contributed by atoms with Crippen LogP contribution < -0.4 is 5.32 Å². The Balaban J connectivity index is 2.23. The number of nitrogens with one attached hydrogen (secondary N) is 1. The first-order chi connectivity index (χ1) is 7.37. The Kier molecular flexibility index (Phi) is 4.62. The number of alkyl carbamates (subject to hydrolysis) is 1. The molecule has 1 N–H and O–H groups in total. The fourth-order valence-electron chi connectivity index (χ4n) is 1.09. The lowest BCUT2D eigenvalue weighted by Gasteiger charge is -2.19. The van der Waals surface area contributed by atoms with E-state index in [2.05, 4.69) is 5.32 Å². The van der Waals surface area contributed by atoms with E-state index in [-0.39, 0.29) is 6.09 Å². The van der Waals surface area contributed by atoms with E-state index in [0.717, 1.165) is 15.6 Å². The molecule has 0 aliphatic heterocycles. The summed E-state index contributed by atoms with van der Waals surface area (Å²) in [6, 6.07) is 3.82. The molecule has 0 spiro atoms. The van der Waals surface area contributed by atoms with E-state index in [4.69, 9.17) is 16.3 Å². The molecule has 0 atom stereocenters. The molecule has 0 saturated carbocycles. The maximum Gasteiger partial charge on any atom is 0.407 e. The lowest BCUT2D eigenvalue weighted by Crippen LogP contribution is -2.33. The van der Waals surface area contributed by atoms with Crippen molar-refractivity contribution in [1.29, 1.82) is 0 Å². The van der Waals surface area contributed by atoms with E-state index in [0.29, 0.717) is 6.54 Å². The van der Waals surface area contributed by atoms with Crippen LogP contribution in [-0.2, 0) is 11.2 Å². The highest BCUT2D eigenvalue weighted by Gasteiger charge is 2.15. The van der Waals surface area contributed by atoms with Crippen molar-refractivity contribution in [2.24, 2.45) is 0 Å². The standard InChI is InChI=1S/C11H16ClNO2S/c1-11(2,3)15-10(14)13-7-6-8-4-5-9(12)16-8/h4-5H,6-7H2,1-3H3,(H,13,14). The first-order valence-electron chi connectivity index (χ1n) is 5.08. The Bertz CT molecular complexity index is 357. The Morgan fingerprint density at radius 3 is 2.69 bits per heavy atom. The SMILES string of the molecule is CC(C)(C)OC(=O)NCCc1ccc(Cl)s1.